The molecule has 0 radical (unpaired) electrons. The summed E-state index contributed by atoms with van der Waals surface area (Å²) in [6, 6.07) is 22.5. The maximum Gasteiger partial charge on any atom is 0.291 e. The molecule has 5 rings (SSSR count). The second kappa shape index (κ2) is 8.78. The van der Waals surface area contributed by atoms with Crippen LogP contribution >= 0.6 is 0 Å². The van der Waals surface area contributed by atoms with Gasteiger partial charge in [0.15, 0.2) is 0 Å². The molecule has 1 aromatic heterocycles. The lowest BCUT2D eigenvalue weighted by Crippen LogP contribution is -2.48. The van der Waals surface area contributed by atoms with E-state index in [-0.39, 0.29) is 17.2 Å². The molecule has 1 aliphatic rings. The molecule has 0 aliphatic carbocycles. The van der Waals surface area contributed by atoms with Crippen LogP contribution in [-0.2, 0) is 0 Å². The average molecular weight is 443 g/mol. The summed E-state index contributed by atoms with van der Waals surface area (Å²) in [4.78, 5) is 30.2. The third-order valence-corrected chi connectivity index (χ3v) is 5.82. The fourth-order valence-electron chi connectivity index (χ4n) is 4.06. The van der Waals surface area contributed by atoms with Gasteiger partial charge in [-0.3, -0.25) is 9.59 Å². The molecular weight excluding hydrogens is 421 g/mol. The molecular formula is C26H22FN3O3. The van der Waals surface area contributed by atoms with Gasteiger partial charge in [0.25, 0.3) is 11.8 Å². The standard InChI is InChI=1S/C26H22FN3O3/c27-19-12-10-18(11-13-19)25(31)28-23-21-8-4-5-9-22(21)33-24(23)26(32)30-16-14-29(15-17-30)20-6-2-1-3-7-20/h1-13H,14-17H2,(H,28,31). The number of piperazine rings is 1. The maximum atomic E-state index is 13.4. The van der Waals surface area contributed by atoms with Crippen molar-refractivity contribution in [1.82, 2.24) is 4.90 Å². The molecule has 166 valence electrons. The van der Waals surface area contributed by atoms with E-state index in [0.717, 1.165) is 5.69 Å². The van der Waals surface area contributed by atoms with Gasteiger partial charge in [-0.1, -0.05) is 30.3 Å². The molecule has 7 heteroatoms. The van der Waals surface area contributed by atoms with Crippen LogP contribution in [0.25, 0.3) is 11.0 Å². The first-order valence-electron chi connectivity index (χ1n) is 10.8. The minimum absolute atomic E-state index is 0.0971. The molecule has 0 unspecified atom stereocenters. The Hall–Kier alpha value is -4.13. The molecule has 0 saturated carbocycles. The monoisotopic (exact) mass is 443 g/mol. The van der Waals surface area contributed by atoms with Crippen LogP contribution in [0.4, 0.5) is 15.8 Å². The summed E-state index contributed by atoms with van der Waals surface area (Å²) in [6.07, 6.45) is 0. The summed E-state index contributed by atoms with van der Waals surface area (Å²) >= 11 is 0. The van der Waals surface area contributed by atoms with E-state index in [2.05, 4.69) is 22.3 Å². The van der Waals surface area contributed by atoms with E-state index in [1.165, 1.54) is 24.3 Å². The zero-order valence-electron chi connectivity index (χ0n) is 17.8. The molecule has 1 fully saturated rings. The zero-order valence-corrected chi connectivity index (χ0v) is 17.8. The average Bonchev–Trinajstić information content (AvgIpc) is 3.23. The Bertz CT molecular complexity index is 1290. The van der Waals surface area contributed by atoms with Crippen LogP contribution in [0.3, 0.4) is 0 Å². The second-order valence-corrected chi connectivity index (χ2v) is 7.88. The summed E-state index contributed by atoms with van der Waals surface area (Å²) in [6.45, 7) is 2.48. The van der Waals surface area contributed by atoms with Crippen LogP contribution in [0.2, 0.25) is 0 Å². The molecule has 0 spiro atoms. The van der Waals surface area contributed by atoms with E-state index in [1.807, 2.05) is 30.3 Å². The summed E-state index contributed by atoms with van der Waals surface area (Å²) in [5, 5.41) is 3.45. The highest BCUT2D eigenvalue weighted by Gasteiger charge is 2.29. The first-order valence-corrected chi connectivity index (χ1v) is 10.8. The van der Waals surface area contributed by atoms with Crippen molar-refractivity contribution >= 4 is 34.2 Å². The fourth-order valence-corrected chi connectivity index (χ4v) is 4.06. The number of amides is 2. The van der Waals surface area contributed by atoms with Crippen molar-refractivity contribution in [1.29, 1.82) is 0 Å². The number of hydrogen-bond acceptors (Lipinski definition) is 4. The van der Waals surface area contributed by atoms with Crippen LogP contribution in [0.1, 0.15) is 20.9 Å². The normalized spacial score (nSPS) is 13.8. The number of halogens is 1. The van der Waals surface area contributed by atoms with Crippen molar-refractivity contribution in [3.8, 4) is 0 Å². The SMILES string of the molecule is O=C(Nc1c(C(=O)N2CCN(c3ccccc3)CC2)oc2ccccc12)c1ccc(F)cc1. The number of nitrogens with zero attached hydrogens (tertiary/aromatic N) is 2. The van der Waals surface area contributed by atoms with Crippen LogP contribution < -0.4 is 10.2 Å². The van der Waals surface area contributed by atoms with Crippen LogP contribution in [0.15, 0.2) is 83.3 Å². The highest BCUT2D eigenvalue weighted by atomic mass is 19.1. The number of rotatable bonds is 4. The lowest BCUT2D eigenvalue weighted by molar-refractivity contribution is 0.0718. The van der Waals surface area contributed by atoms with E-state index in [9.17, 15) is 14.0 Å². The number of anilines is 2. The minimum atomic E-state index is -0.440. The molecule has 4 aromatic rings. The van der Waals surface area contributed by atoms with Gasteiger partial charge < -0.3 is 19.5 Å². The van der Waals surface area contributed by atoms with Crippen molar-refractivity contribution < 1.29 is 18.4 Å². The quantitative estimate of drug-likeness (QED) is 0.493. The van der Waals surface area contributed by atoms with E-state index in [0.29, 0.717) is 42.8 Å². The van der Waals surface area contributed by atoms with Gasteiger partial charge in [0.1, 0.15) is 17.1 Å². The largest absolute Gasteiger partial charge is 0.449 e. The smallest absolute Gasteiger partial charge is 0.291 e. The third-order valence-electron chi connectivity index (χ3n) is 5.82. The first-order chi connectivity index (χ1) is 16.1. The highest BCUT2D eigenvalue weighted by Crippen LogP contribution is 2.32. The van der Waals surface area contributed by atoms with E-state index < -0.39 is 11.7 Å². The Morgan fingerprint density at radius 2 is 1.48 bits per heavy atom. The van der Waals surface area contributed by atoms with Crippen molar-refractivity contribution in [2.75, 3.05) is 36.4 Å². The molecule has 1 N–H and O–H groups in total. The molecule has 1 saturated heterocycles. The van der Waals surface area contributed by atoms with Crippen molar-refractivity contribution in [2.24, 2.45) is 0 Å². The number of carbonyl (C=O) groups is 2. The van der Waals surface area contributed by atoms with Gasteiger partial charge in [0, 0.05) is 42.8 Å². The number of nitrogens with one attached hydrogen (secondary N) is 1. The fraction of sp³-hybridized carbons (Fsp3) is 0.154. The predicted octanol–water partition coefficient (Wildman–Crippen LogP) is 4.79. The lowest BCUT2D eigenvalue weighted by Gasteiger charge is -2.35. The van der Waals surface area contributed by atoms with E-state index in [4.69, 9.17) is 4.42 Å². The highest BCUT2D eigenvalue weighted by molar-refractivity contribution is 6.14. The van der Waals surface area contributed by atoms with Gasteiger partial charge in [-0.2, -0.15) is 0 Å². The van der Waals surface area contributed by atoms with Crippen LogP contribution in [0, 0.1) is 5.82 Å². The lowest BCUT2D eigenvalue weighted by atomic mass is 10.1. The van der Waals surface area contributed by atoms with Gasteiger partial charge in [-0.15, -0.1) is 0 Å². The topological polar surface area (TPSA) is 65.8 Å². The first kappa shape index (κ1) is 20.8. The molecule has 33 heavy (non-hydrogen) atoms. The molecule has 2 amide bonds. The molecule has 1 aliphatic heterocycles. The number of benzene rings is 3. The Morgan fingerprint density at radius 1 is 0.818 bits per heavy atom. The summed E-state index contributed by atoms with van der Waals surface area (Å²) in [5.74, 6) is -1.04. The summed E-state index contributed by atoms with van der Waals surface area (Å²) in [7, 11) is 0. The van der Waals surface area contributed by atoms with Gasteiger partial charge in [0.2, 0.25) is 5.76 Å². The maximum absolute atomic E-state index is 13.4. The van der Waals surface area contributed by atoms with Gasteiger partial charge in [-0.05, 0) is 48.5 Å². The third kappa shape index (κ3) is 4.17. The van der Waals surface area contributed by atoms with Crippen LogP contribution in [0.5, 0.6) is 0 Å². The number of furan rings is 1. The molecule has 2 heterocycles. The summed E-state index contributed by atoms with van der Waals surface area (Å²) < 4.78 is 19.1. The number of carbonyl (C=O) groups excluding carboxylic acids is 2. The Kier molecular flexibility index (Phi) is 5.52. The molecule has 0 bridgehead atoms. The van der Waals surface area contributed by atoms with Gasteiger partial charge in [-0.25, -0.2) is 4.39 Å². The second-order valence-electron chi connectivity index (χ2n) is 7.88. The number of hydrogen-bond donors (Lipinski definition) is 1. The van der Waals surface area contributed by atoms with Crippen molar-refractivity contribution in [2.45, 2.75) is 0 Å². The molecule has 0 atom stereocenters. The zero-order chi connectivity index (χ0) is 22.8. The van der Waals surface area contributed by atoms with Crippen molar-refractivity contribution in [3.63, 3.8) is 0 Å². The minimum Gasteiger partial charge on any atom is -0.449 e. The van der Waals surface area contributed by atoms with E-state index in [1.54, 1.807) is 17.0 Å². The predicted molar refractivity (Wildman–Crippen MR) is 125 cm³/mol. The number of para-hydroxylation sites is 2. The van der Waals surface area contributed by atoms with Crippen LogP contribution in [-0.4, -0.2) is 42.9 Å². The Morgan fingerprint density at radius 3 is 2.21 bits per heavy atom. The molecule has 6 nitrogen and oxygen atoms in total. The Labute approximate surface area is 190 Å². The van der Waals surface area contributed by atoms with Gasteiger partial charge in [0.05, 0.1) is 0 Å². The summed E-state index contributed by atoms with van der Waals surface area (Å²) in [5.41, 5.74) is 2.26. The number of fused-ring (bicyclic) bond motifs is 1. The van der Waals surface area contributed by atoms with Gasteiger partial charge >= 0.3 is 0 Å². The van der Waals surface area contributed by atoms with Crippen molar-refractivity contribution in [3.05, 3.63) is 96.0 Å². The van der Waals surface area contributed by atoms with E-state index >= 15 is 0 Å². The molecule has 3 aromatic carbocycles. The Balaban J connectivity index is 1.39.